The van der Waals surface area contributed by atoms with Crippen LogP contribution in [0.2, 0.25) is 0 Å². The molecule has 2 aliphatic rings. The van der Waals surface area contributed by atoms with Crippen molar-refractivity contribution in [2.24, 2.45) is 4.99 Å². The lowest BCUT2D eigenvalue weighted by Gasteiger charge is -2.32. The number of aliphatic imine (C=N–C) groups is 1. The number of rotatable bonds is 5. The van der Waals surface area contributed by atoms with Gasteiger partial charge in [0.15, 0.2) is 5.17 Å². The molecule has 2 aromatic carbocycles. The van der Waals surface area contributed by atoms with Crippen LogP contribution in [0.1, 0.15) is 11.1 Å². The molecule has 0 atom stereocenters. The van der Waals surface area contributed by atoms with E-state index in [1.54, 1.807) is 12.1 Å². The Morgan fingerprint density at radius 2 is 1.77 bits per heavy atom. The first kappa shape index (κ1) is 21.1. The lowest BCUT2D eigenvalue weighted by atomic mass is 10.2. The topological polar surface area (TPSA) is 88.3 Å². The van der Waals surface area contributed by atoms with Crippen LogP contribution in [-0.2, 0) is 11.4 Å². The summed E-state index contributed by atoms with van der Waals surface area (Å²) in [6.07, 6.45) is 1.85. The Hall–Kier alpha value is -3.17. The van der Waals surface area contributed by atoms with E-state index in [0.29, 0.717) is 17.3 Å². The zero-order valence-corrected chi connectivity index (χ0v) is 17.9. The maximum absolute atomic E-state index is 12.3. The molecule has 1 amide bonds. The van der Waals surface area contributed by atoms with Gasteiger partial charge in [-0.3, -0.25) is 14.9 Å². The van der Waals surface area contributed by atoms with E-state index in [4.69, 9.17) is 4.74 Å². The smallest absolute Gasteiger partial charge is 0.286 e. The molecule has 9 heteroatoms. The molecule has 2 aliphatic heterocycles. The third-order valence-electron chi connectivity index (χ3n) is 5.11. The van der Waals surface area contributed by atoms with E-state index in [1.165, 1.54) is 23.9 Å². The fourth-order valence-corrected chi connectivity index (χ4v) is 4.19. The van der Waals surface area contributed by atoms with E-state index in [-0.39, 0.29) is 11.6 Å². The summed E-state index contributed by atoms with van der Waals surface area (Å²) < 4.78 is 5.75. The molecule has 160 valence electrons. The van der Waals surface area contributed by atoms with Crippen LogP contribution in [0.3, 0.4) is 0 Å². The Bertz CT molecular complexity index is 1030. The van der Waals surface area contributed by atoms with Gasteiger partial charge in [0.25, 0.3) is 11.6 Å². The molecule has 0 bridgehead atoms. The van der Waals surface area contributed by atoms with Gasteiger partial charge in [0.2, 0.25) is 0 Å². The highest BCUT2D eigenvalue weighted by Gasteiger charge is 2.27. The van der Waals surface area contributed by atoms with Crippen LogP contribution < -0.4 is 4.74 Å². The molecule has 0 unspecified atom stereocenters. The summed E-state index contributed by atoms with van der Waals surface area (Å²) in [5.41, 5.74) is 1.80. The van der Waals surface area contributed by atoms with Gasteiger partial charge < -0.3 is 14.5 Å². The van der Waals surface area contributed by atoms with Crippen LogP contribution in [0.15, 0.2) is 58.4 Å². The molecule has 2 heterocycles. The van der Waals surface area contributed by atoms with Crippen molar-refractivity contribution in [2.45, 2.75) is 6.61 Å². The van der Waals surface area contributed by atoms with Crippen molar-refractivity contribution < 1.29 is 14.5 Å². The van der Waals surface area contributed by atoms with Crippen LogP contribution in [-0.4, -0.2) is 59.0 Å². The lowest BCUT2D eigenvalue weighted by molar-refractivity contribution is -0.384. The second kappa shape index (κ2) is 9.32. The van der Waals surface area contributed by atoms with Gasteiger partial charge in [0, 0.05) is 38.3 Å². The molecule has 4 rings (SSSR count). The van der Waals surface area contributed by atoms with Crippen LogP contribution in [0.5, 0.6) is 5.75 Å². The van der Waals surface area contributed by atoms with Gasteiger partial charge in [-0.2, -0.15) is 4.99 Å². The number of hydrogen-bond donors (Lipinski definition) is 0. The predicted molar refractivity (Wildman–Crippen MR) is 121 cm³/mol. The highest BCUT2D eigenvalue weighted by atomic mass is 32.2. The second-order valence-corrected chi connectivity index (χ2v) is 8.39. The van der Waals surface area contributed by atoms with Gasteiger partial charge in [0.05, 0.1) is 9.83 Å². The average molecular weight is 439 g/mol. The molecule has 1 fully saturated rings. The molecule has 8 nitrogen and oxygen atoms in total. The number of nitrogens with zero attached hydrogens (tertiary/aromatic N) is 4. The first-order valence-corrected chi connectivity index (χ1v) is 10.7. The monoisotopic (exact) mass is 438 g/mol. The average Bonchev–Trinajstić information content (AvgIpc) is 3.14. The van der Waals surface area contributed by atoms with Crippen molar-refractivity contribution in [3.8, 4) is 5.75 Å². The van der Waals surface area contributed by atoms with Gasteiger partial charge in [-0.05, 0) is 60.3 Å². The van der Waals surface area contributed by atoms with E-state index in [0.717, 1.165) is 42.5 Å². The number of carbonyl (C=O) groups excluding carboxylic acids is 1. The fourth-order valence-electron chi connectivity index (χ4n) is 3.22. The number of likely N-dealkylation sites (N-methyl/N-ethyl adjacent to an activating group) is 1. The van der Waals surface area contributed by atoms with Crippen molar-refractivity contribution in [3.05, 3.63) is 74.7 Å². The summed E-state index contributed by atoms with van der Waals surface area (Å²) >= 11 is 1.43. The number of amides is 1. The van der Waals surface area contributed by atoms with Crippen molar-refractivity contribution >= 4 is 34.6 Å². The summed E-state index contributed by atoms with van der Waals surface area (Å²) in [6.45, 7) is 4.00. The molecule has 0 saturated carbocycles. The predicted octanol–water partition coefficient (Wildman–Crippen LogP) is 3.39. The van der Waals surface area contributed by atoms with Crippen LogP contribution >= 0.6 is 11.8 Å². The Morgan fingerprint density at radius 3 is 2.42 bits per heavy atom. The molecule has 0 spiro atoms. The molecule has 0 N–H and O–H groups in total. The lowest BCUT2D eigenvalue weighted by Crippen LogP contribution is -2.46. The summed E-state index contributed by atoms with van der Waals surface area (Å²) in [6, 6.07) is 13.7. The minimum atomic E-state index is -0.426. The molecule has 1 saturated heterocycles. The SMILES string of the molecule is CN1CCN(C2=NC(=O)C(=Cc3ccc(OCc4ccc([N+](=O)[O-])cc4)cc3)S2)CC1. The standard InChI is InChI=1S/C22H22N4O4S/c1-24-10-12-25(13-11-24)22-23-21(27)20(31-22)14-16-4-8-19(9-5-16)30-15-17-2-6-18(7-3-17)26(28)29/h2-9,14H,10-13,15H2,1H3. The van der Waals surface area contributed by atoms with E-state index < -0.39 is 4.92 Å². The number of benzene rings is 2. The number of nitro benzene ring substituents is 1. The van der Waals surface area contributed by atoms with E-state index >= 15 is 0 Å². The highest BCUT2D eigenvalue weighted by molar-refractivity contribution is 8.18. The first-order chi connectivity index (χ1) is 15.0. The zero-order valence-electron chi connectivity index (χ0n) is 17.1. The molecule has 0 aliphatic carbocycles. The summed E-state index contributed by atoms with van der Waals surface area (Å²) in [7, 11) is 2.09. The molecule has 0 radical (unpaired) electrons. The molecule has 2 aromatic rings. The molecular formula is C22H22N4O4S. The summed E-state index contributed by atoms with van der Waals surface area (Å²) in [5.74, 6) is 0.484. The maximum atomic E-state index is 12.3. The van der Waals surface area contributed by atoms with Gasteiger partial charge in [-0.1, -0.05) is 12.1 Å². The first-order valence-electron chi connectivity index (χ1n) is 9.90. The quantitative estimate of drug-likeness (QED) is 0.402. The summed E-state index contributed by atoms with van der Waals surface area (Å²) in [5, 5.41) is 11.5. The molecule has 31 heavy (non-hydrogen) atoms. The zero-order chi connectivity index (χ0) is 21.8. The number of non-ortho nitro benzene ring substituents is 1. The number of carbonyl (C=O) groups is 1. The van der Waals surface area contributed by atoms with Gasteiger partial charge >= 0.3 is 0 Å². The number of ether oxygens (including phenoxy) is 1. The normalized spacial score (nSPS) is 18.4. The van der Waals surface area contributed by atoms with Gasteiger partial charge in [0.1, 0.15) is 12.4 Å². The Morgan fingerprint density at radius 1 is 1.10 bits per heavy atom. The Balaban J connectivity index is 1.33. The largest absolute Gasteiger partial charge is 0.489 e. The van der Waals surface area contributed by atoms with E-state index in [1.807, 2.05) is 30.3 Å². The number of thioether (sulfide) groups is 1. The minimum Gasteiger partial charge on any atom is -0.489 e. The third-order valence-corrected chi connectivity index (χ3v) is 6.16. The number of nitro groups is 1. The molecule has 0 aromatic heterocycles. The van der Waals surface area contributed by atoms with Crippen LogP contribution in [0.25, 0.3) is 6.08 Å². The second-order valence-electron chi connectivity index (χ2n) is 7.38. The van der Waals surface area contributed by atoms with Gasteiger partial charge in [-0.25, -0.2) is 0 Å². The number of piperazine rings is 1. The Kier molecular flexibility index (Phi) is 6.34. The third kappa shape index (κ3) is 5.31. The van der Waals surface area contributed by atoms with E-state index in [9.17, 15) is 14.9 Å². The van der Waals surface area contributed by atoms with Crippen molar-refractivity contribution in [2.75, 3.05) is 33.2 Å². The van der Waals surface area contributed by atoms with Crippen molar-refractivity contribution in [3.63, 3.8) is 0 Å². The molecular weight excluding hydrogens is 416 g/mol. The summed E-state index contributed by atoms with van der Waals surface area (Å²) in [4.78, 5) is 31.9. The van der Waals surface area contributed by atoms with Crippen molar-refractivity contribution in [1.29, 1.82) is 0 Å². The number of hydrogen-bond acceptors (Lipinski definition) is 7. The number of amidine groups is 1. The van der Waals surface area contributed by atoms with Gasteiger partial charge in [-0.15, -0.1) is 0 Å². The van der Waals surface area contributed by atoms with E-state index in [2.05, 4.69) is 21.8 Å². The maximum Gasteiger partial charge on any atom is 0.286 e. The highest BCUT2D eigenvalue weighted by Crippen LogP contribution is 2.31. The fraction of sp³-hybridized carbons (Fsp3) is 0.273. The Labute approximate surface area is 184 Å². The minimum absolute atomic E-state index is 0.0558. The van der Waals surface area contributed by atoms with Crippen LogP contribution in [0, 0.1) is 10.1 Å². The van der Waals surface area contributed by atoms with Crippen LogP contribution in [0.4, 0.5) is 5.69 Å². The van der Waals surface area contributed by atoms with Crippen molar-refractivity contribution in [1.82, 2.24) is 9.80 Å².